The second-order valence-corrected chi connectivity index (χ2v) is 7.85. The lowest BCUT2D eigenvalue weighted by molar-refractivity contribution is -0.154. The van der Waals surface area contributed by atoms with Crippen molar-refractivity contribution < 1.29 is 13.9 Å². The molecule has 0 fully saturated rings. The average Bonchev–Trinajstić information content (AvgIpc) is 2.64. The fraction of sp³-hybridized carbons (Fsp3) is 0.348. The molecule has 28 heavy (non-hydrogen) atoms. The van der Waals surface area contributed by atoms with Crippen LogP contribution < -0.4 is 0 Å². The summed E-state index contributed by atoms with van der Waals surface area (Å²) in [6, 6.07) is 12.3. The van der Waals surface area contributed by atoms with Gasteiger partial charge in [0.1, 0.15) is 11.4 Å². The molecular formula is C23H25FN2O2. The first-order valence-corrected chi connectivity index (χ1v) is 9.54. The minimum absolute atomic E-state index is 0.174. The topological polar surface area (TPSA) is 52.1 Å². The monoisotopic (exact) mass is 380 g/mol. The van der Waals surface area contributed by atoms with E-state index in [4.69, 9.17) is 9.72 Å². The van der Waals surface area contributed by atoms with Gasteiger partial charge in [-0.1, -0.05) is 0 Å². The van der Waals surface area contributed by atoms with Gasteiger partial charge in [-0.3, -0.25) is 4.79 Å². The fourth-order valence-corrected chi connectivity index (χ4v) is 3.07. The van der Waals surface area contributed by atoms with Gasteiger partial charge >= 0.3 is 5.97 Å². The molecule has 0 saturated carbocycles. The first-order chi connectivity index (χ1) is 13.3. The number of benzene rings is 1. The Morgan fingerprint density at radius 3 is 2.57 bits per heavy atom. The molecule has 2 heterocycles. The standard InChI is InChI=1S/C23H25FN2O2/c1-23(2,3)28-20(27)9-5-4-7-17-15-18-8-6-14-25-22(18)26-21(17)16-10-12-19(24)13-11-16/h6,8,10-15H,4-5,7,9H2,1-3H3. The summed E-state index contributed by atoms with van der Waals surface area (Å²) in [6.07, 6.45) is 4.45. The smallest absolute Gasteiger partial charge is 0.306 e. The van der Waals surface area contributed by atoms with Gasteiger partial charge in [0.05, 0.1) is 5.69 Å². The molecule has 0 radical (unpaired) electrons. The maximum atomic E-state index is 13.3. The number of ether oxygens (including phenoxy) is 1. The van der Waals surface area contributed by atoms with Gasteiger partial charge in [-0.05, 0) is 88.1 Å². The van der Waals surface area contributed by atoms with E-state index < -0.39 is 5.60 Å². The van der Waals surface area contributed by atoms with Crippen molar-refractivity contribution in [1.29, 1.82) is 0 Å². The lowest BCUT2D eigenvalue weighted by Gasteiger charge is -2.19. The second-order valence-electron chi connectivity index (χ2n) is 7.85. The van der Waals surface area contributed by atoms with Gasteiger partial charge in [-0.25, -0.2) is 14.4 Å². The number of hydrogen-bond acceptors (Lipinski definition) is 4. The number of nitrogens with zero attached hydrogens (tertiary/aromatic N) is 2. The molecule has 0 aliphatic rings. The molecule has 0 aliphatic carbocycles. The second kappa shape index (κ2) is 8.46. The third-order valence-electron chi connectivity index (χ3n) is 4.28. The van der Waals surface area contributed by atoms with Crippen molar-refractivity contribution in [2.75, 3.05) is 0 Å². The Kier molecular flexibility index (Phi) is 6.02. The van der Waals surface area contributed by atoms with Crippen molar-refractivity contribution in [3.8, 4) is 11.3 Å². The van der Waals surface area contributed by atoms with Crippen LogP contribution in [0.3, 0.4) is 0 Å². The van der Waals surface area contributed by atoms with E-state index in [-0.39, 0.29) is 11.8 Å². The zero-order valence-corrected chi connectivity index (χ0v) is 16.5. The summed E-state index contributed by atoms with van der Waals surface area (Å²) in [6.45, 7) is 5.61. The van der Waals surface area contributed by atoms with Gasteiger partial charge in [0.2, 0.25) is 0 Å². The summed E-state index contributed by atoms with van der Waals surface area (Å²) in [5, 5.41) is 0.968. The van der Waals surface area contributed by atoms with Crippen molar-refractivity contribution in [3.05, 3.63) is 60.0 Å². The van der Waals surface area contributed by atoms with Crippen molar-refractivity contribution in [3.63, 3.8) is 0 Å². The van der Waals surface area contributed by atoms with Gasteiger partial charge in [-0.2, -0.15) is 0 Å². The number of carbonyl (C=O) groups is 1. The summed E-state index contributed by atoms with van der Waals surface area (Å²) < 4.78 is 18.7. The van der Waals surface area contributed by atoms with Crippen molar-refractivity contribution in [1.82, 2.24) is 9.97 Å². The van der Waals surface area contributed by atoms with Gasteiger partial charge in [0, 0.05) is 23.6 Å². The van der Waals surface area contributed by atoms with Crippen LogP contribution >= 0.6 is 0 Å². The summed E-state index contributed by atoms with van der Waals surface area (Å²) in [5.41, 5.74) is 2.94. The number of hydrogen-bond donors (Lipinski definition) is 0. The van der Waals surface area contributed by atoms with Gasteiger partial charge < -0.3 is 4.74 Å². The van der Waals surface area contributed by atoms with Crippen molar-refractivity contribution >= 4 is 17.0 Å². The van der Waals surface area contributed by atoms with Crippen LogP contribution in [0.2, 0.25) is 0 Å². The molecule has 0 aliphatic heterocycles. The number of carbonyl (C=O) groups excluding carboxylic acids is 1. The highest BCUT2D eigenvalue weighted by Gasteiger charge is 2.16. The maximum absolute atomic E-state index is 13.3. The Labute approximate surface area is 164 Å². The number of fused-ring (bicyclic) bond motifs is 1. The molecule has 2 aromatic heterocycles. The SMILES string of the molecule is CC(C)(C)OC(=O)CCCCc1cc2cccnc2nc1-c1ccc(F)cc1. The predicted molar refractivity (Wildman–Crippen MR) is 108 cm³/mol. The van der Waals surface area contributed by atoms with Gasteiger partial charge in [0.15, 0.2) is 5.65 Å². The molecular weight excluding hydrogens is 355 g/mol. The number of rotatable bonds is 6. The summed E-state index contributed by atoms with van der Waals surface area (Å²) in [4.78, 5) is 20.9. The first-order valence-electron chi connectivity index (χ1n) is 9.54. The van der Waals surface area contributed by atoms with Crippen LogP contribution in [0.25, 0.3) is 22.3 Å². The van der Waals surface area contributed by atoms with E-state index in [9.17, 15) is 9.18 Å². The lowest BCUT2D eigenvalue weighted by Crippen LogP contribution is -2.23. The van der Waals surface area contributed by atoms with Crippen LogP contribution in [0.1, 0.15) is 45.6 Å². The van der Waals surface area contributed by atoms with E-state index in [2.05, 4.69) is 11.1 Å². The van der Waals surface area contributed by atoms with Gasteiger partial charge in [0.25, 0.3) is 0 Å². The molecule has 0 N–H and O–H groups in total. The molecule has 4 nitrogen and oxygen atoms in total. The molecule has 3 rings (SSSR count). The Bertz CT molecular complexity index is 962. The number of aromatic nitrogens is 2. The molecule has 0 amide bonds. The summed E-state index contributed by atoms with van der Waals surface area (Å²) >= 11 is 0. The lowest BCUT2D eigenvalue weighted by atomic mass is 9.99. The normalized spacial score (nSPS) is 11.6. The maximum Gasteiger partial charge on any atom is 0.306 e. The average molecular weight is 380 g/mol. The molecule has 0 saturated heterocycles. The zero-order valence-electron chi connectivity index (χ0n) is 16.5. The number of esters is 1. The highest BCUT2D eigenvalue weighted by atomic mass is 19.1. The molecule has 0 atom stereocenters. The van der Waals surface area contributed by atoms with Crippen LogP contribution in [0.15, 0.2) is 48.7 Å². The van der Waals surface area contributed by atoms with Gasteiger partial charge in [-0.15, -0.1) is 0 Å². The molecule has 0 unspecified atom stereocenters. The molecule has 1 aromatic carbocycles. The van der Waals surface area contributed by atoms with Crippen LogP contribution in [0, 0.1) is 5.82 Å². The number of halogens is 1. The molecule has 3 aromatic rings. The Morgan fingerprint density at radius 1 is 1.11 bits per heavy atom. The highest BCUT2D eigenvalue weighted by Crippen LogP contribution is 2.27. The van der Waals surface area contributed by atoms with Crippen LogP contribution in [-0.2, 0) is 16.0 Å². The molecule has 146 valence electrons. The highest BCUT2D eigenvalue weighted by molar-refractivity contribution is 5.80. The van der Waals surface area contributed by atoms with Crippen LogP contribution in [0.4, 0.5) is 4.39 Å². The fourth-order valence-electron chi connectivity index (χ4n) is 3.07. The van der Waals surface area contributed by atoms with E-state index in [1.807, 2.05) is 32.9 Å². The quantitative estimate of drug-likeness (QED) is 0.419. The Balaban J connectivity index is 1.76. The Hall–Kier alpha value is -2.82. The van der Waals surface area contributed by atoms with Crippen molar-refractivity contribution in [2.45, 2.75) is 52.1 Å². The predicted octanol–water partition coefficient (Wildman–Crippen LogP) is 5.49. The van der Waals surface area contributed by atoms with Crippen LogP contribution in [0.5, 0.6) is 0 Å². The minimum atomic E-state index is -0.456. The van der Waals surface area contributed by atoms with Crippen LogP contribution in [-0.4, -0.2) is 21.5 Å². The van der Waals surface area contributed by atoms with Crippen molar-refractivity contribution in [2.24, 2.45) is 0 Å². The zero-order chi connectivity index (χ0) is 20.1. The molecule has 5 heteroatoms. The third-order valence-corrected chi connectivity index (χ3v) is 4.28. The van der Waals surface area contributed by atoms with E-state index in [0.717, 1.165) is 41.5 Å². The largest absolute Gasteiger partial charge is 0.460 e. The Morgan fingerprint density at radius 2 is 1.86 bits per heavy atom. The third kappa shape index (κ3) is 5.35. The molecule has 0 spiro atoms. The summed E-state index contributed by atoms with van der Waals surface area (Å²) in [5.74, 6) is -0.450. The first kappa shape index (κ1) is 19.9. The van der Waals surface area contributed by atoms with E-state index in [0.29, 0.717) is 12.1 Å². The number of aryl methyl sites for hydroxylation is 1. The summed E-state index contributed by atoms with van der Waals surface area (Å²) in [7, 11) is 0. The molecule has 0 bridgehead atoms. The number of pyridine rings is 2. The van der Waals surface area contributed by atoms with E-state index in [1.165, 1.54) is 12.1 Å². The van der Waals surface area contributed by atoms with E-state index in [1.54, 1.807) is 18.3 Å². The van der Waals surface area contributed by atoms with E-state index >= 15 is 0 Å². The number of unbranched alkanes of at least 4 members (excludes halogenated alkanes) is 1. The minimum Gasteiger partial charge on any atom is -0.460 e.